The highest BCUT2D eigenvalue weighted by Crippen LogP contribution is 2.31. The number of aryl methyl sites for hydroxylation is 2. The van der Waals surface area contributed by atoms with Crippen molar-refractivity contribution < 1.29 is 0 Å². The fraction of sp³-hybridized carbons (Fsp3) is 0.333. The minimum absolute atomic E-state index is 0.830. The summed E-state index contributed by atoms with van der Waals surface area (Å²) in [7, 11) is 1.91. The first-order valence-electron chi connectivity index (χ1n) is 9.00. The SMILES string of the molecule is Cc1cc(Nc2cc(N3CCCC3)nc3c(-c4cnn(C)c4)cnn23)sn1. The first-order chi connectivity index (χ1) is 13.2. The minimum Gasteiger partial charge on any atom is -0.356 e. The van der Waals surface area contributed by atoms with Crippen molar-refractivity contribution in [2.75, 3.05) is 23.3 Å². The monoisotopic (exact) mass is 380 g/mol. The fourth-order valence-electron chi connectivity index (χ4n) is 3.46. The highest BCUT2D eigenvalue weighted by atomic mass is 32.1. The molecule has 0 saturated carbocycles. The molecular weight excluding hydrogens is 360 g/mol. The highest BCUT2D eigenvalue weighted by Gasteiger charge is 2.19. The van der Waals surface area contributed by atoms with E-state index in [9.17, 15) is 0 Å². The number of fused-ring (bicyclic) bond motifs is 1. The third-order valence-corrected chi connectivity index (χ3v) is 5.58. The van der Waals surface area contributed by atoms with Crippen molar-refractivity contribution in [1.82, 2.24) is 28.8 Å². The summed E-state index contributed by atoms with van der Waals surface area (Å²) in [4.78, 5) is 7.28. The van der Waals surface area contributed by atoms with Gasteiger partial charge in [0.15, 0.2) is 5.65 Å². The Morgan fingerprint density at radius 2 is 1.96 bits per heavy atom. The van der Waals surface area contributed by atoms with E-state index in [2.05, 4.69) is 30.9 Å². The van der Waals surface area contributed by atoms with Crippen molar-refractivity contribution in [2.45, 2.75) is 19.8 Å². The molecule has 0 radical (unpaired) electrons. The van der Waals surface area contributed by atoms with Gasteiger partial charge in [-0.3, -0.25) is 4.68 Å². The van der Waals surface area contributed by atoms with Crippen LogP contribution in [0.15, 0.2) is 30.7 Å². The fourth-order valence-corrected chi connectivity index (χ4v) is 4.13. The summed E-state index contributed by atoms with van der Waals surface area (Å²) in [5.74, 6) is 1.87. The Balaban J connectivity index is 1.66. The molecule has 8 nitrogen and oxygen atoms in total. The maximum absolute atomic E-state index is 4.95. The number of nitrogens with zero attached hydrogens (tertiary/aromatic N) is 7. The Morgan fingerprint density at radius 3 is 2.67 bits per heavy atom. The molecule has 0 aliphatic carbocycles. The van der Waals surface area contributed by atoms with Crippen molar-refractivity contribution in [3.05, 3.63) is 36.4 Å². The molecule has 138 valence electrons. The molecular formula is C18H20N8S. The van der Waals surface area contributed by atoms with Crippen LogP contribution in [0.5, 0.6) is 0 Å². The number of hydrogen-bond donors (Lipinski definition) is 1. The lowest BCUT2D eigenvalue weighted by Gasteiger charge is -2.18. The van der Waals surface area contributed by atoms with E-state index in [0.29, 0.717) is 0 Å². The Kier molecular flexibility index (Phi) is 3.82. The van der Waals surface area contributed by atoms with Gasteiger partial charge in [0.05, 0.1) is 18.1 Å². The second kappa shape index (κ2) is 6.34. The van der Waals surface area contributed by atoms with Gasteiger partial charge >= 0.3 is 0 Å². The zero-order valence-electron chi connectivity index (χ0n) is 15.3. The van der Waals surface area contributed by atoms with E-state index in [-0.39, 0.29) is 0 Å². The molecule has 1 N–H and O–H groups in total. The summed E-state index contributed by atoms with van der Waals surface area (Å²) in [5, 5.41) is 13.3. The summed E-state index contributed by atoms with van der Waals surface area (Å²) in [6, 6.07) is 4.12. The molecule has 0 atom stereocenters. The van der Waals surface area contributed by atoms with Gasteiger partial charge in [0.25, 0.3) is 0 Å². The van der Waals surface area contributed by atoms with Crippen LogP contribution in [0.2, 0.25) is 0 Å². The van der Waals surface area contributed by atoms with Crippen molar-refractivity contribution in [3.8, 4) is 11.1 Å². The Morgan fingerprint density at radius 1 is 1.11 bits per heavy atom. The van der Waals surface area contributed by atoms with E-state index in [1.165, 1.54) is 24.4 Å². The topological polar surface area (TPSA) is 76.2 Å². The van der Waals surface area contributed by atoms with Crippen LogP contribution in [0, 0.1) is 6.92 Å². The van der Waals surface area contributed by atoms with Crippen molar-refractivity contribution in [3.63, 3.8) is 0 Å². The average molecular weight is 380 g/mol. The second-order valence-corrected chi connectivity index (χ2v) is 7.65. The van der Waals surface area contributed by atoms with Crippen LogP contribution in [-0.2, 0) is 7.05 Å². The lowest BCUT2D eigenvalue weighted by molar-refractivity contribution is 0.768. The van der Waals surface area contributed by atoms with E-state index in [1.807, 2.05) is 43.1 Å². The molecule has 0 spiro atoms. The average Bonchev–Trinajstić information content (AvgIpc) is 3.41. The molecule has 5 heterocycles. The van der Waals surface area contributed by atoms with Crippen molar-refractivity contribution in [2.24, 2.45) is 7.05 Å². The zero-order valence-corrected chi connectivity index (χ0v) is 16.1. The summed E-state index contributed by atoms with van der Waals surface area (Å²) in [6.07, 6.45) is 8.11. The maximum atomic E-state index is 4.95. The predicted octanol–water partition coefficient (Wildman–Crippen LogP) is 3.24. The Bertz CT molecular complexity index is 1100. The molecule has 0 amide bonds. The van der Waals surface area contributed by atoms with E-state index in [4.69, 9.17) is 4.98 Å². The van der Waals surface area contributed by atoms with Crippen molar-refractivity contribution in [1.29, 1.82) is 0 Å². The van der Waals surface area contributed by atoms with Gasteiger partial charge in [-0.2, -0.15) is 19.1 Å². The Hall–Kier alpha value is -2.94. The van der Waals surface area contributed by atoms with Gasteiger partial charge in [-0.05, 0) is 37.4 Å². The summed E-state index contributed by atoms with van der Waals surface area (Å²) in [5.41, 5.74) is 3.83. The van der Waals surface area contributed by atoms with Gasteiger partial charge in [-0.25, -0.2) is 4.98 Å². The normalized spacial score (nSPS) is 14.4. The molecule has 0 bridgehead atoms. The zero-order chi connectivity index (χ0) is 18.4. The first-order valence-corrected chi connectivity index (χ1v) is 9.78. The van der Waals surface area contributed by atoms with Gasteiger partial charge in [0.1, 0.15) is 16.6 Å². The minimum atomic E-state index is 0.830. The predicted molar refractivity (Wildman–Crippen MR) is 107 cm³/mol. The van der Waals surface area contributed by atoms with Crippen LogP contribution in [0.1, 0.15) is 18.5 Å². The largest absolute Gasteiger partial charge is 0.356 e. The number of aromatic nitrogens is 6. The van der Waals surface area contributed by atoms with E-state index in [1.54, 1.807) is 4.68 Å². The molecule has 1 fully saturated rings. The lowest BCUT2D eigenvalue weighted by Crippen LogP contribution is -2.19. The summed E-state index contributed by atoms with van der Waals surface area (Å²) >= 11 is 1.45. The molecule has 5 rings (SSSR count). The number of rotatable bonds is 4. The second-order valence-electron chi connectivity index (χ2n) is 6.85. The third kappa shape index (κ3) is 2.93. The summed E-state index contributed by atoms with van der Waals surface area (Å²) in [6.45, 7) is 4.07. The van der Waals surface area contributed by atoms with Gasteiger partial charge in [0, 0.05) is 43.5 Å². The van der Waals surface area contributed by atoms with Crippen LogP contribution in [0.4, 0.5) is 16.6 Å². The molecule has 9 heteroatoms. The molecule has 4 aromatic rings. The van der Waals surface area contributed by atoms with Gasteiger partial charge in [-0.1, -0.05) is 0 Å². The van der Waals surface area contributed by atoms with E-state index >= 15 is 0 Å². The molecule has 0 unspecified atom stereocenters. The van der Waals surface area contributed by atoms with Gasteiger partial charge in [0.2, 0.25) is 0 Å². The molecule has 27 heavy (non-hydrogen) atoms. The van der Waals surface area contributed by atoms with E-state index < -0.39 is 0 Å². The van der Waals surface area contributed by atoms with Crippen LogP contribution < -0.4 is 10.2 Å². The highest BCUT2D eigenvalue weighted by molar-refractivity contribution is 7.10. The van der Waals surface area contributed by atoms with Gasteiger partial charge < -0.3 is 10.2 Å². The molecule has 1 aliphatic rings. The molecule has 1 aliphatic heterocycles. The van der Waals surface area contributed by atoms with Crippen LogP contribution in [-0.4, -0.2) is 41.8 Å². The first kappa shape index (κ1) is 16.2. The lowest BCUT2D eigenvalue weighted by atomic mass is 10.2. The van der Waals surface area contributed by atoms with Gasteiger partial charge in [-0.15, -0.1) is 0 Å². The Labute approximate surface area is 160 Å². The smallest absolute Gasteiger partial charge is 0.167 e. The van der Waals surface area contributed by atoms with Crippen LogP contribution in [0.25, 0.3) is 16.8 Å². The standard InChI is InChI=1S/C18H20N8S/c1-12-7-17(27-23-12)21-16-8-15(25-5-3-4-6-25)22-18-14(10-20-26(16)18)13-9-19-24(2)11-13/h7-11,21H,3-6H2,1-2H3. The number of nitrogens with one attached hydrogen (secondary N) is 1. The number of anilines is 3. The molecule has 1 saturated heterocycles. The van der Waals surface area contributed by atoms with E-state index in [0.717, 1.165) is 52.2 Å². The summed E-state index contributed by atoms with van der Waals surface area (Å²) < 4.78 is 8.01. The number of hydrogen-bond acceptors (Lipinski definition) is 7. The van der Waals surface area contributed by atoms with Crippen LogP contribution in [0.3, 0.4) is 0 Å². The third-order valence-electron chi connectivity index (χ3n) is 4.78. The molecule has 4 aromatic heterocycles. The van der Waals surface area contributed by atoms with Crippen LogP contribution >= 0.6 is 11.5 Å². The molecule has 0 aromatic carbocycles. The van der Waals surface area contributed by atoms with Crippen molar-refractivity contribution >= 4 is 33.8 Å². The maximum Gasteiger partial charge on any atom is 0.167 e. The quantitative estimate of drug-likeness (QED) is 0.586.